The maximum absolute atomic E-state index is 14.7. The number of allylic oxidation sites excluding steroid dienone is 2. The molecule has 3 rings (SSSR count). The fourth-order valence-electron chi connectivity index (χ4n) is 6.00. The largest absolute Gasteiger partial charge is 0.490 e. The van der Waals surface area contributed by atoms with E-state index in [-0.39, 0.29) is 5.75 Å². The number of carbonyl (C=O) groups excluding carboxylic acids is 1. The Labute approximate surface area is 259 Å². The van der Waals surface area contributed by atoms with Gasteiger partial charge in [-0.15, -0.1) is 0 Å². The minimum atomic E-state index is -1.24. The monoisotopic (exact) mass is 596 g/mol. The third-order valence-corrected chi connectivity index (χ3v) is 8.77. The molecule has 2 aromatic carbocycles. The molecule has 0 amide bonds. The Morgan fingerprint density at radius 3 is 2.14 bits per heavy atom. The van der Waals surface area contributed by atoms with Gasteiger partial charge in [0.25, 0.3) is 0 Å². The minimum absolute atomic E-state index is 0.175. The fourth-order valence-corrected chi connectivity index (χ4v) is 6.00. The number of rotatable bonds is 20. The molecule has 0 aliphatic heterocycles. The number of aryl methyl sites for hydroxylation is 1. The Kier molecular flexibility index (Phi) is 16.4. The lowest BCUT2D eigenvalue weighted by molar-refractivity contribution is 0.0728. The average molecular weight is 597 g/mol. The number of halogens is 2. The normalized spacial score (nSPS) is 16.9. The highest BCUT2D eigenvalue weighted by Crippen LogP contribution is 2.33. The van der Waals surface area contributed by atoms with Gasteiger partial charge >= 0.3 is 5.97 Å². The van der Waals surface area contributed by atoms with E-state index < -0.39 is 23.2 Å². The first-order valence-electron chi connectivity index (χ1n) is 17.1. The van der Waals surface area contributed by atoms with Gasteiger partial charge < -0.3 is 9.47 Å². The molecule has 0 heterocycles. The van der Waals surface area contributed by atoms with Crippen LogP contribution in [0.25, 0.3) is 0 Å². The van der Waals surface area contributed by atoms with Crippen molar-refractivity contribution in [3.63, 3.8) is 0 Å². The van der Waals surface area contributed by atoms with Gasteiger partial charge in [-0.05, 0) is 86.6 Å². The summed E-state index contributed by atoms with van der Waals surface area (Å²) in [7, 11) is 0. The lowest BCUT2D eigenvalue weighted by atomic mass is 9.79. The van der Waals surface area contributed by atoms with E-state index in [1.165, 1.54) is 95.6 Å². The van der Waals surface area contributed by atoms with Crippen LogP contribution in [-0.4, -0.2) is 12.6 Å². The van der Waals surface area contributed by atoms with Crippen LogP contribution in [0.4, 0.5) is 8.78 Å². The Morgan fingerprint density at radius 2 is 1.44 bits per heavy atom. The van der Waals surface area contributed by atoms with E-state index in [2.05, 4.69) is 26.0 Å². The molecular weight excluding hydrogens is 542 g/mol. The first-order valence-corrected chi connectivity index (χ1v) is 17.1. The van der Waals surface area contributed by atoms with Crippen molar-refractivity contribution in [3.8, 4) is 11.5 Å². The predicted molar refractivity (Wildman–Crippen MR) is 173 cm³/mol. The molecule has 0 bridgehead atoms. The van der Waals surface area contributed by atoms with Crippen molar-refractivity contribution in [3.05, 3.63) is 71.3 Å². The molecule has 1 saturated carbocycles. The summed E-state index contributed by atoms with van der Waals surface area (Å²) in [5, 5.41) is 0. The zero-order chi connectivity index (χ0) is 30.7. The number of benzene rings is 2. The third-order valence-electron chi connectivity index (χ3n) is 8.77. The fraction of sp³-hybridized carbons (Fsp3) is 0.605. The number of hydrogen-bond donors (Lipinski definition) is 0. The van der Waals surface area contributed by atoms with Gasteiger partial charge in [0.2, 0.25) is 5.82 Å². The van der Waals surface area contributed by atoms with E-state index in [4.69, 9.17) is 9.47 Å². The van der Waals surface area contributed by atoms with Crippen molar-refractivity contribution >= 4 is 5.97 Å². The van der Waals surface area contributed by atoms with Crippen LogP contribution in [0.15, 0.2) is 48.6 Å². The molecule has 1 fully saturated rings. The third kappa shape index (κ3) is 12.8. The average Bonchev–Trinajstić information content (AvgIpc) is 3.02. The molecule has 0 atom stereocenters. The van der Waals surface area contributed by atoms with Gasteiger partial charge in [-0.25, -0.2) is 9.18 Å². The number of esters is 1. The predicted octanol–water partition coefficient (Wildman–Crippen LogP) is 11.6. The molecule has 43 heavy (non-hydrogen) atoms. The zero-order valence-electron chi connectivity index (χ0n) is 26.7. The Hall–Kier alpha value is -2.69. The van der Waals surface area contributed by atoms with Crippen LogP contribution >= 0.6 is 0 Å². The molecule has 3 nitrogen and oxygen atoms in total. The maximum atomic E-state index is 14.7. The van der Waals surface area contributed by atoms with Gasteiger partial charge in [0.1, 0.15) is 5.75 Å². The second kappa shape index (κ2) is 20.3. The van der Waals surface area contributed by atoms with Gasteiger partial charge in [0.05, 0.1) is 12.2 Å². The molecule has 0 spiro atoms. The second-order valence-corrected chi connectivity index (χ2v) is 12.3. The zero-order valence-corrected chi connectivity index (χ0v) is 26.7. The molecule has 238 valence electrons. The minimum Gasteiger partial charge on any atom is -0.490 e. The molecular formula is C38H54F2O3. The first-order chi connectivity index (χ1) is 21.0. The molecule has 5 heteroatoms. The van der Waals surface area contributed by atoms with Crippen molar-refractivity contribution in [2.24, 2.45) is 11.8 Å². The molecule has 0 radical (unpaired) electrons. The summed E-state index contributed by atoms with van der Waals surface area (Å²) in [5.41, 5.74) is 0.695. The van der Waals surface area contributed by atoms with Crippen molar-refractivity contribution in [2.45, 2.75) is 129 Å². The highest BCUT2D eigenvalue weighted by atomic mass is 19.2. The van der Waals surface area contributed by atoms with Gasteiger partial charge in [0, 0.05) is 0 Å². The van der Waals surface area contributed by atoms with Crippen LogP contribution in [0, 0.1) is 23.5 Å². The van der Waals surface area contributed by atoms with Gasteiger partial charge in [-0.3, -0.25) is 0 Å². The topological polar surface area (TPSA) is 35.5 Å². The van der Waals surface area contributed by atoms with Gasteiger partial charge in [0.15, 0.2) is 11.6 Å². The number of carbonyl (C=O) groups is 1. The molecule has 0 saturated heterocycles. The second-order valence-electron chi connectivity index (χ2n) is 12.3. The summed E-state index contributed by atoms with van der Waals surface area (Å²) in [6, 6.07) is 9.76. The summed E-state index contributed by atoms with van der Waals surface area (Å²) < 4.78 is 40.1. The Morgan fingerprint density at radius 1 is 0.791 bits per heavy atom. The summed E-state index contributed by atoms with van der Waals surface area (Å²) >= 11 is 0. The quantitative estimate of drug-likeness (QED) is 0.0660. The first kappa shape index (κ1) is 34.8. The van der Waals surface area contributed by atoms with E-state index in [9.17, 15) is 13.6 Å². The maximum Gasteiger partial charge on any atom is 0.346 e. The summed E-state index contributed by atoms with van der Waals surface area (Å²) in [6.45, 7) is 4.79. The lowest BCUT2D eigenvalue weighted by Gasteiger charge is -2.26. The molecule has 0 aromatic heterocycles. The van der Waals surface area contributed by atoms with Crippen LogP contribution in [-0.2, 0) is 6.42 Å². The number of unbranched alkanes of at least 4 members (excludes halogenated alkanes) is 9. The number of ether oxygens (including phenoxy) is 2. The van der Waals surface area contributed by atoms with Crippen LogP contribution in [0.1, 0.15) is 139 Å². The van der Waals surface area contributed by atoms with Crippen LogP contribution in [0.2, 0.25) is 0 Å². The highest BCUT2D eigenvalue weighted by Gasteiger charge is 2.21. The Balaban J connectivity index is 1.36. The van der Waals surface area contributed by atoms with Crippen LogP contribution < -0.4 is 9.47 Å². The van der Waals surface area contributed by atoms with E-state index in [0.717, 1.165) is 43.6 Å². The van der Waals surface area contributed by atoms with Gasteiger partial charge in [-0.1, -0.05) is 109 Å². The molecule has 2 aromatic rings. The smallest absolute Gasteiger partial charge is 0.346 e. The Bertz CT molecular complexity index is 1090. The van der Waals surface area contributed by atoms with E-state index in [0.29, 0.717) is 18.3 Å². The highest BCUT2D eigenvalue weighted by molar-refractivity contribution is 5.91. The number of hydrogen-bond acceptors (Lipinski definition) is 3. The standard InChI is InChI=1S/C38H54F2O3/c1-3-5-7-8-9-10-11-15-29-42-35-28-27-34(36(39)37(35)40)38(41)43-33-25-23-32(24-26-33)18-14-13-17-31-21-19-30(20-22-31)16-12-6-4-2/h13,17,23-28,30-31H,3-12,14-16,18-22,29H2,1-2H3. The van der Waals surface area contributed by atoms with Crippen molar-refractivity contribution in [1.29, 1.82) is 0 Å². The molecule has 1 aliphatic carbocycles. The summed E-state index contributed by atoms with van der Waals surface area (Å²) in [6.07, 6.45) is 26.5. The van der Waals surface area contributed by atoms with Crippen molar-refractivity contribution in [1.82, 2.24) is 0 Å². The van der Waals surface area contributed by atoms with Crippen LogP contribution in [0.5, 0.6) is 11.5 Å². The SMILES string of the molecule is CCCCCCCCCCOc1ccc(C(=O)Oc2ccc(CCC=CC3CCC(CCCCC)CC3)cc2)c(F)c1F. The van der Waals surface area contributed by atoms with Crippen molar-refractivity contribution < 1.29 is 23.0 Å². The molecule has 1 aliphatic rings. The van der Waals surface area contributed by atoms with Crippen LogP contribution in [0.3, 0.4) is 0 Å². The lowest BCUT2D eigenvalue weighted by Crippen LogP contribution is -2.13. The van der Waals surface area contributed by atoms with E-state index in [1.54, 1.807) is 12.1 Å². The summed E-state index contributed by atoms with van der Waals surface area (Å²) in [5.74, 6) is -1.56. The van der Waals surface area contributed by atoms with E-state index >= 15 is 0 Å². The summed E-state index contributed by atoms with van der Waals surface area (Å²) in [4.78, 5) is 12.6. The molecule has 0 unspecified atom stereocenters. The molecule has 0 N–H and O–H groups in total. The van der Waals surface area contributed by atoms with Gasteiger partial charge in [-0.2, -0.15) is 4.39 Å². The van der Waals surface area contributed by atoms with Crippen molar-refractivity contribution in [2.75, 3.05) is 6.61 Å². The van der Waals surface area contributed by atoms with E-state index in [1.807, 2.05) is 12.1 Å².